The Kier molecular flexibility index (Phi) is 6.55. The molecule has 0 atom stereocenters. The second-order valence-electron chi connectivity index (χ2n) is 7.45. The zero-order valence-electron chi connectivity index (χ0n) is 15.8. The van der Waals surface area contributed by atoms with Crippen molar-refractivity contribution in [2.45, 2.75) is 32.2 Å². The highest BCUT2D eigenvalue weighted by Gasteiger charge is 2.23. The van der Waals surface area contributed by atoms with E-state index in [1.165, 1.54) is 35.6 Å². The standard InChI is InChI=1S/C20H28N4OS2/c25-20(24-7-3-1-2-4-8-24)15-23-11-9-22(10-12-23)14-19-21-17(16-27-19)18-6-5-13-26-18/h5-6,13,16H,1-4,7-12,14-15H2. The third-order valence-corrected chi connectivity index (χ3v) is 7.19. The molecule has 4 rings (SSSR count). The summed E-state index contributed by atoms with van der Waals surface area (Å²) in [5.74, 6) is 0.325. The van der Waals surface area contributed by atoms with E-state index >= 15 is 0 Å². The number of carbonyl (C=O) groups is 1. The van der Waals surface area contributed by atoms with Crippen molar-refractivity contribution in [3.05, 3.63) is 27.9 Å². The van der Waals surface area contributed by atoms with E-state index in [0.29, 0.717) is 12.5 Å². The van der Waals surface area contributed by atoms with Crippen molar-refractivity contribution in [2.75, 3.05) is 45.8 Å². The van der Waals surface area contributed by atoms with Gasteiger partial charge < -0.3 is 4.90 Å². The number of hydrogen-bond donors (Lipinski definition) is 0. The molecule has 0 saturated carbocycles. The predicted octanol–water partition coefficient (Wildman–Crippen LogP) is 3.39. The molecular weight excluding hydrogens is 376 g/mol. The van der Waals surface area contributed by atoms with Gasteiger partial charge in [0.25, 0.3) is 0 Å². The average molecular weight is 405 g/mol. The quantitative estimate of drug-likeness (QED) is 0.766. The molecular formula is C20H28N4OS2. The molecule has 5 nitrogen and oxygen atoms in total. The molecule has 0 unspecified atom stereocenters. The van der Waals surface area contributed by atoms with Crippen LogP contribution in [0.25, 0.3) is 10.6 Å². The SMILES string of the molecule is O=C(CN1CCN(Cc2nc(-c3cccs3)cs2)CC1)N1CCCCCC1. The van der Waals surface area contributed by atoms with Crippen molar-refractivity contribution >= 4 is 28.6 Å². The van der Waals surface area contributed by atoms with Gasteiger partial charge in [-0.3, -0.25) is 14.6 Å². The molecule has 0 bridgehead atoms. The van der Waals surface area contributed by atoms with E-state index in [4.69, 9.17) is 4.98 Å². The van der Waals surface area contributed by atoms with Crippen molar-refractivity contribution in [1.29, 1.82) is 0 Å². The summed E-state index contributed by atoms with van der Waals surface area (Å²) in [5.41, 5.74) is 1.10. The lowest BCUT2D eigenvalue weighted by Gasteiger charge is -2.34. The fraction of sp³-hybridized carbons (Fsp3) is 0.600. The maximum absolute atomic E-state index is 12.6. The molecule has 0 N–H and O–H groups in total. The Morgan fingerprint density at radius 3 is 2.41 bits per heavy atom. The van der Waals surface area contributed by atoms with Gasteiger partial charge in [-0.25, -0.2) is 4.98 Å². The molecule has 146 valence electrons. The average Bonchev–Trinajstić information content (AvgIpc) is 3.29. The Labute approximate surface area is 169 Å². The first-order valence-electron chi connectivity index (χ1n) is 9.99. The van der Waals surface area contributed by atoms with E-state index in [0.717, 1.165) is 51.5 Å². The molecule has 2 aliphatic heterocycles. The van der Waals surface area contributed by atoms with Crippen molar-refractivity contribution in [3.63, 3.8) is 0 Å². The first kappa shape index (κ1) is 19.1. The molecule has 0 radical (unpaired) electrons. The Hall–Kier alpha value is -1.28. The smallest absolute Gasteiger partial charge is 0.236 e. The van der Waals surface area contributed by atoms with Gasteiger partial charge in [0.05, 0.1) is 23.7 Å². The van der Waals surface area contributed by atoms with E-state index in [2.05, 4.69) is 37.6 Å². The zero-order valence-corrected chi connectivity index (χ0v) is 17.4. The van der Waals surface area contributed by atoms with Crippen LogP contribution in [0.4, 0.5) is 0 Å². The molecule has 2 fully saturated rings. The lowest BCUT2D eigenvalue weighted by Crippen LogP contribution is -2.49. The molecule has 0 spiro atoms. The zero-order chi connectivity index (χ0) is 18.5. The Balaban J connectivity index is 1.22. The number of thiophene rings is 1. The van der Waals surface area contributed by atoms with Gasteiger partial charge in [0, 0.05) is 44.6 Å². The Bertz CT molecular complexity index is 714. The highest BCUT2D eigenvalue weighted by atomic mass is 32.1. The number of amides is 1. The molecule has 1 amide bonds. The van der Waals surface area contributed by atoms with E-state index in [1.54, 1.807) is 22.7 Å². The van der Waals surface area contributed by atoms with Gasteiger partial charge in [-0.1, -0.05) is 18.9 Å². The molecule has 2 aliphatic rings. The summed E-state index contributed by atoms with van der Waals surface area (Å²) in [6, 6.07) is 4.20. The van der Waals surface area contributed by atoms with Crippen molar-refractivity contribution in [2.24, 2.45) is 0 Å². The Morgan fingerprint density at radius 2 is 1.70 bits per heavy atom. The number of thiazole rings is 1. The van der Waals surface area contributed by atoms with Crippen LogP contribution in [0.1, 0.15) is 30.7 Å². The van der Waals surface area contributed by atoms with Gasteiger partial charge in [0.15, 0.2) is 0 Å². The lowest BCUT2D eigenvalue weighted by molar-refractivity contribution is -0.132. The third-order valence-electron chi connectivity index (χ3n) is 5.47. The molecule has 0 aromatic carbocycles. The summed E-state index contributed by atoms with van der Waals surface area (Å²) in [6.07, 6.45) is 4.88. The van der Waals surface area contributed by atoms with E-state index in [1.807, 2.05) is 0 Å². The summed E-state index contributed by atoms with van der Waals surface area (Å²) < 4.78 is 0. The second kappa shape index (κ2) is 9.28. The van der Waals surface area contributed by atoms with Crippen LogP contribution >= 0.6 is 22.7 Å². The molecule has 2 aromatic heterocycles. The Morgan fingerprint density at radius 1 is 0.963 bits per heavy atom. The summed E-state index contributed by atoms with van der Waals surface area (Å²) in [4.78, 5) is 25.5. The van der Waals surface area contributed by atoms with E-state index in [9.17, 15) is 4.79 Å². The molecule has 2 saturated heterocycles. The number of piperazine rings is 1. The van der Waals surface area contributed by atoms with Crippen LogP contribution in [0.2, 0.25) is 0 Å². The maximum atomic E-state index is 12.6. The first-order chi connectivity index (χ1) is 13.3. The highest BCUT2D eigenvalue weighted by Crippen LogP contribution is 2.26. The van der Waals surface area contributed by atoms with Gasteiger partial charge in [0.1, 0.15) is 5.01 Å². The fourth-order valence-electron chi connectivity index (χ4n) is 3.83. The number of likely N-dealkylation sites (tertiary alicyclic amines) is 1. The minimum Gasteiger partial charge on any atom is -0.342 e. The maximum Gasteiger partial charge on any atom is 0.236 e. The van der Waals surface area contributed by atoms with Crippen LogP contribution in [0, 0.1) is 0 Å². The molecule has 4 heterocycles. The monoisotopic (exact) mass is 404 g/mol. The van der Waals surface area contributed by atoms with Crippen molar-refractivity contribution in [3.8, 4) is 10.6 Å². The number of rotatable bonds is 5. The van der Waals surface area contributed by atoms with Gasteiger partial charge in [-0.05, 0) is 24.3 Å². The number of hydrogen-bond acceptors (Lipinski definition) is 6. The minimum atomic E-state index is 0.325. The van der Waals surface area contributed by atoms with Gasteiger partial charge >= 0.3 is 0 Å². The largest absolute Gasteiger partial charge is 0.342 e. The summed E-state index contributed by atoms with van der Waals surface area (Å²) in [5, 5.41) is 5.45. The van der Waals surface area contributed by atoms with Crippen LogP contribution < -0.4 is 0 Å². The number of carbonyl (C=O) groups excluding carboxylic acids is 1. The molecule has 2 aromatic rings. The van der Waals surface area contributed by atoms with Gasteiger partial charge in [0.2, 0.25) is 5.91 Å². The summed E-state index contributed by atoms with van der Waals surface area (Å²) >= 11 is 3.50. The van der Waals surface area contributed by atoms with Gasteiger partial charge in [-0.15, -0.1) is 22.7 Å². The minimum absolute atomic E-state index is 0.325. The van der Waals surface area contributed by atoms with Crippen LogP contribution in [0.3, 0.4) is 0 Å². The number of aromatic nitrogens is 1. The predicted molar refractivity (Wildman–Crippen MR) is 112 cm³/mol. The number of nitrogens with zero attached hydrogens (tertiary/aromatic N) is 4. The van der Waals surface area contributed by atoms with Crippen LogP contribution in [0.5, 0.6) is 0 Å². The van der Waals surface area contributed by atoms with Crippen molar-refractivity contribution < 1.29 is 4.79 Å². The van der Waals surface area contributed by atoms with Crippen LogP contribution in [0.15, 0.2) is 22.9 Å². The van der Waals surface area contributed by atoms with E-state index in [-0.39, 0.29) is 0 Å². The molecule has 27 heavy (non-hydrogen) atoms. The first-order valence-corrected chi connectivity index (χ1v) is 11.7. The lowest BCUT2D eigenvalue weighted by atomic mass is 10.2. The molecule has 7 heteroatoms. The van der Waals surface area contributed by atoms with Crippen LogP contribution in [-0.4, -0.2) is 71.4 Å². The van der Waals surface area contributed by atoms with Crippen LogP contribution in [-0.2, 0) is 11.3 Å². The normalized spacial score (nSPS) is 19.9. The topological polar surface area (TPSA) is 39.7 Å². The summed E-state index contributed by atoms with van der Waals surface area (Å²) in [6.45, 7) is 7.40. The second-order valence-corrected chi connectivity index (χ2v) is 9.34. The highest BCUT2D eigenvalue weighted by molar-refractivity contribution is 7.14. The molecule has 0 aliphatic carbocycles. The fourth-order valence-corrected chi connectivity index (χ4v) is 5.43. The summed E-state index contributed by atoms with van der Waals surface area (Å²) in [7, 11) is 0. The van der Waals surface area contributed by atoms with Gasteiger partial charge in [-0.2, -0.15) is 0 Å². The third kappa shape index (κ3) is 5.16. The van der Waals surface area contributed by atoms with E-state index < -0.39 is 0 Å². The van der Waals surface area contributed by atoms with Crippen molar-refractivity contribution in [1.82, 2.24) is 19.7 Å².